The van der Waals surface area contributed by atoms with Crippen molar-refractivity contribution in [1.82, 2.24) is 20.1 Å². The highest BCUT2D eigenvalue weighted by Crippen LogP contribution is 2.15. The molecule has 0 unspecified atom stereocenters. The Morgan fingerprint density at radius 2 is 1.96 bits per heavy atom. The van der Waals surface area contributed by atoms with Crippen molar-refractivity contribution in [2.45, 2.75) is 20.4 Å². The van der Waals surface area contributed by atoms with Gasteiger partial charge in [0.1, 0.15) is 0 Å². The third-order valence-corrected chi connectivity index (χ3v) is 4.65. The molecule has 0 radical (unpaired) electrons. The first-order valence-corrected chi connectivity index (χ1v) is 8.78. The maximum Gasteiger partial charge on any atom is 0.248 e. The van der Waals surface area contributed by atoms with E-state index in [0.29, 0.717) is 11.7 Å². The fourth-order valence-electron chi connectivity index (χ4n) is 2.73. The van der Waals surface area contributed by atoms with E-state index in [9.17, 15) is 4.79 Å². The minimum atomic E-state index is -0.0856. The number of hydrogen-bond acceptors (Lipinski definition) is 3. The van der Waals surface area contributed by atoms with E-state index in [4.69, 9.17) is 12.2 Å². The Morgan fingerprint density at radius 1 is 1.25 bits per heavy atom. The van der Waals surface area contributed by atoms with E-state index in [2.05, 4.69) is 29.0 Å². The first kappa shape index (κ1) is 18.4. The summed E-state index contributed by atoms with van der Waals surface area (Å²) >= 11 is 5.47. The molecule has 130 valence electrons. The standard InChI is InChI=1S/C18H26N4OS/c1-4-22(5-2)11-10-19-18(24)21(3)13-14-12-17(23)20-16-9-7-6-8-15(14)16/h6-9,12H,4-5,10-11,13H2,1-3H3,(H,19,24)(H,20,23). The Bertz CT molecular complexity index is 739. The van der Waals surface area contributed by atoms with Gasteiger partial charge in [0.15, 0.2) is 5.11 Å². The van der Waals surface area contributed by atoms with Crippen LogP contribution in [0.15, 0.2) is 35.1 Å². The average molecular weight is 346 g/mol. The number of para-hydroxylation sites is 1. The first-order chi connectivity index (χ1) is 11.5. The number of pyridine rings is 1. The van der Waals surface area contributed by atoms with E-state index in [1.807, 2.05) is 36.2 Å². The molecule has 0 aliphatic heterocycles. The zero-order valence-electron chi connectivity index (χ0n) is 14.6. The van der Waals surface area contributed by atoms with Gasteiger partial charge in [0.25, 0.3) is 0 Å². The van der Waals surface area contributed by atoms with Gasteiger partial charge in [-0.1, -0.05) is 32.0 Å². The molecule has 1 aromatic carbocycles. The van der Waals surface area contributed by atoms with E-state index in [-0.39, 0.29) is 5.56 Å². The number of nitrogens with zero attached hydrogens (tertiary/aromatic N) is 2. The second-order valence-corrected chi connectivity index (χ2v) is 6.21. The number of aromatic nitrogens is 1. The summed E-state index contributed by atoms with van der Waals surface area (Å²) in [7, 11) is 1.95. The van der Waals surface area contributed by atoms with Crippen molar-refractivity contribution in [3.05, 3.63) is 46.2 Å². The number of nitrogens with one attached hydrogen (secondary N) is 2. The molecule has 0 saturated carbocycles. The summed E-state index contributed by atoms with van der Waals surface area (Å²) in [6, 6.07) is 9.49. The average Bonchev–Trinajstić information content (AvgIpc) is 2.58. The van der Waals surface area contributed by atoms with Crippen LogP contribution in [0.5, 0.6) is 0 Å². The smallest absolute Gasteiger partial charge is 0.248 e. The molecule has 1 heterocycles. The summed E-state index contributed by atoms with van der Waals surface area (Å²) in [4.78, 5) is 19.0. The van der Waals surface area contributed by atoms with Crippen molar-refractivity contribution in [2.24, 2.45) is 0 Å². The molecular weight excluding hydrogens is 320 g/mol. The van der Waals surface area contributed by atoms with E-state index in [1.54, 1.807) is 6.07 Å². The minimum Gasteiger partial charge on any atom is -0.361 e. The molecule has 0 aliphatic rings. The molecule has 0 atom stereocenters. The SMILES string of the molecule is CCN(CC)CCNC(=S)N(C)Cc1cc(=O)[nH]c2ccccc12. The molecule has 1 aromatic heterocycles. The number of benzene rings is 1. The van der Waals surface area contributed by atoms with Crippen LogP contribution in [0.2, 0.25) is 0 Å². The summed E-state index contributed by atoms with van der Waals surface area (Å²) in [6.07, 6.45) is 0. The Labute approximate surface area is 148 Å². The van der Waals surface area contributed by atoms with Gasteiger partial charge in [-0.25, -0.2) is 0 Å². The summed E-state index contributed by atoms with van der Waals surface area (Å²) in [6.45, 7) is 8.79. The molecule has 2 aromatic rings. The highest BCUT2D eigenvalue weighted by molar-refractivity contribution is 7.80. The fourth-order valence-corrected chi connectivity index (χ4v) is 2.90. The lowest BCUT2D eigenvalue weighted by molar-refractivity contribution is 0.307. The highest BCUT2D eigenvalue weighted by atomic mass is 32.1. The van der Waals surface area contributed by atoms with E-state index in [0.717, 1.165) is 42.6 Å². The van der Waals surface area contributed by atoms with Crippen molar-refractivity contribution in [3.8, 4) is 0 Å². The van der Waals surface area contributed by atoms with Crippen LogP contribution in [0.3, 0.4) is 0 Å². The molecular formula is C18H26N4OS. The fraction of sp³-hybridized carbons (Fsp3) is 0.444. The largest absolute Gasteiger partial charge is 0.361 e. The van der Waals surface area contributed by atoms with Crippen LogP contribution in [0.25, 0.3) is 10.9 Å². The maximum atomic E-state index is 11.8. The Morgan fingerprint density at radius 3 is 2.67 bits per heavy atom. The molecule has 0 aliphatic carbocycles. The zero-order chi connectivity index (χ0) is 17.5. The molecule has 2 N–H and O–H groups in total. The molecule has 24 heavy (non-hydrogen) atoms. The topological polar surface area (TPSA) is 51.4 Å². The molecule has 0 fully saturated rings. The lowest BCUT2D eigenvalue weighted by atomic mass is 10.1. The van der Waals surface area contributed by atoms with Gasteiger partial charge in [-0.05, 0) is 36.9 Å². The Kier molecular flexibility index (Phi) is 6.75. The van der Waals surface area contributed by atoms with Gasteiger partial charge in [-0.15, -0.1) is 0 Å². The molecule has 0 bridgehead atoms. The zero-order valence-corrected chi connectivity index (χ0v) is 15.4. The normalized spacial score (nSPS) is 11.0. The number of fused-ring (bicyclic) bond motifs is 1. The second kappa shape index (κ2) is 8.80. The van der Waals surface area contributed by atoms with Gasteiger partial charge in [0.2, 0.25) is 5.56 Å². The van der Waals surface area contributed by atoms with Gasteiger partial charge in [-0.3, -0.25) is 4.79 Å². The highest BCUT2D eigenvalue weighted by Gasteiger charge is 2.09. The van der Waals surface area contributed by atoms with Crippen molar-refractivity contribution in [3.63, 3.8) is 0 Å². The Hall–Kier alpha value is -1.92. The number of rotatable bonds is 7. The predicted octanol–water partition coefficient (Wildman–Crippen LogP) is 2.18. The maximum absolute atomic E-state index is 11.8. The van der Waals surface area contributed by atoms with Crippen LogP contribution in [0.1, 0.15) is 19.4 Å². The molecule has 2 rings (SSSR count). The van der Waals surface area contributed by atoms with Gasteiger partial charge in [-0.2, -0.15) is 0 Å². The van der Waals surface area contributed by atoms with Crippen molar-refractivity contribution < 1.29 is 0 Å². The number of likely N-dealkylation sites (N-methyl/N-ethyl adjacent to an activating group) is 1. The number of aromatic amines is 1. The van der Waals surface area contributed by atoms with E-state index >= 15 is 0 Å². The molecule has 6 heteroatoms. The van der Waals surface area contributed by atoms with Crippen LogP contribution in [-0.2, 0) is 6.54 Å². The van der Waals surface area contributed by atoms with Crippen LogP contribution in [-0.4, -0.2) is 53.1 Å². The first-order valence-electron chi connectivity index (χ1n) is 8.37. The molecule has 0 saturated heterocycles. The number of thiocarbonyl (C=S) groups is 1. The number of H-pyrrole nitrogens is 1. The summed E-state index contributed by atoms with van der Waals surface area (Å²) in [5.74, 6) is 0. The summed E-state index contributed by atoms with van der Waals surface area (Å²) < 4.78 is 0. The van der Waals surface area contributed by atoms with Gasteiger partial charge >= 0.3 is 0 Å². The van der Waals surface area contributed by atoms with Crippen LogP contribution >= 0.6 is 12.2 Å². The quantitative estimate of drug-likeness (QED) is 0.753. The monoisotopic (exact) mass is 346 g/mol. The summed E-state index contributed by atoms with van der Waals surface area (Å²) in [5.41, 5.74) is 1.75. The molecule has 0 spiro atoms. The third-order valence-electron chi connectivity index (χ3n) is 4.19. The van der Waals surface area contributed by atoms with E-state index in [1.165, 1.54) is 0 Å². The number of hydrogen-bond donors (Lipinski definition) is 2. The van der Waals surface area contributed by atoms with Crippen LogP contribution in [0, 0.1) is 0 Å². The summed E-state index contributed by atoms with van der Waals surface area (Å²) in [5, 5.41) is 5.05. The van der Waals surface area contributed by atoms with Crippen LogP contribution in [0.4, 0.5) is 0 Å². The third kappa shape index (κ3) is 4.79. The second-order valence-electron chi connectivity index (χ2n) is 5.82. The van der Waals surface area contributed by atoms with Gasteiger partial charge < -0.3 is 20.1 Å². The molecule has 5 nitrogen and oxygen atoms in total. The van der Waals surface area contributed by atoms with Crippen molar-refractivity contribution in [2.75, 3.05) is 33.2 Å². The van der Waals surface area contributed by atoms with Crippen LogP contribution < -0.4 is 10.9 Å². The predicted molar refractivity (Wildman–Crippen MR) is 104 cm³/mol. The lowest BCUT2D eigenvalue weighted by Crippen LogP contribution is -2.41. The minimum absolute atomic E-state index is 0.0856. The van der Waals surface area contributed by atoms with Gasteiger partial charge in [0, 0.05) is 43.7 Å². The molecule has 0 amide bonds. The lowest BCUT2D eigenvalue weighted by Gasteiger charge is -2.24. The van der Waals surface area contributed by atoms with E-state index < -0.39 is 0 Å². The van der Waals surface area contributed by atoms with Crippen molar-refractivity contribution >= 4 is 28.2 Å². The Balaban J connectivity index is 2.00. The van der Waals surface area contributed by atoms with Gasteiger partial charge in [0.05, 0.1) is 0 Å². The van der Waals surface area contributed by atoms with Crippen molar-refractivity contribution in [1.29, 1.82) is 0 Å².